The number of ether oxygens (including phenoxy) is 1. The first-order chi connectivity index (χ1) is 10.2. The first-order valence-electron chi connectivity index (χ1n) is 7.29. The van der Waals surface area contributed by atoms with Crippen LogP contribution in [0.25, 0.3) is 0 Å². The number of carbonyl (C=O) groups is 2. The van der Waals surface area contributed by atoms with Gasteiger partial charge in [-0.2, -0.15) is 11.8 Å². The summed E-state index contributed by atoms with van der Waals surface area (Å²) in [5.74, 6) is 0.732. The van der Waals surface area contributed by atoms with Gasteiger partial charge in [0.2, 0.25) is 5.91 Å². The van der Waals surface area contributed by atoms with Gasteiger partial charge in [-0.25, -0.2) is 0 Å². The van der Waals surface area contributed by atoms with E-state index in [0.29, 0.717) is 11.9 Å². The zero-order chi connectivity index (χ0) is 15.1. The van der Waals surface area contributed by atoms with E-state index in [1.807, 2.05) is 16.7 Å². The Morgan fingerprint density at radius 2 is 2.24 bits per heavy atom. The summed E-state index contributed by atoms with van der Waals surface area (Å²) in [4.78, 5) is 26.8. The molecule has 2 heterocycles. The van der Waals surface area contributed by atoms with Crippen LogP contribution in [-0.2, 0) is 14.3 Å². The summed E-state index contributed by atoms with van der Waals surface area (Å²) < 4.78 is 4.86. The molecule has 0 aromatic carbocycles. The Balaban J connectivity index is 1.79. The minimum atomic E-state index is -0.286. The molecule has 2 rings (SSSR count). The molecule has 0 N–H and O–H groups in total. The predicted molar refractivity (Wildman–Crippen MR) is 86.6 cm³/mol. The van der Waals surface area contributed by atoms with Crippen molar-refractivity contribution < 1.29 is 14.3 Å². The Morgan fingerprint density at radius 1 is 1.38 bits per heavy atom. The van der Waals surface area contributed by atoms with Crippen molar-refractivity contribution in [3.8, 4) is 0 Å². The molecular formula is C15H21NO3S2. The lowest BCUT2D eigenvalue weighted by molar-refractivity contribution is -0.145. The molecule has 0 spiro atoms. The predicted octanol–water partition coefficient (Wildman–Crippen LogP) is 3.10. The zero-order valence-corrected chi connectivity index (χ0v) is 13.9. The molecule has 21 heavy (non-hydrogen) atoms. The zero-order valence-electron chi connectivity index (χ0n) is 12.2. The van der Waals surface area contributed by atoms with Crippen molar-refractivity contribution in [2.24, 2.45) is 0 Å². The molecule has 0 bridgehead atoms. The number of amides is 1. The smallest absolute Gasteiger partial charge is 0.306 e. The fourth-order valence-corrected chi connectivity index (χ4v) is 4.56. The summed E-state index contributed by atoms with van der Waals surface area (Å²) in [6, 6.07) is 4.24. The summed E-state index contributed by atoms with van der Waals surface area (Å²) in [6.45, 7) is 3.69. The van der Waals surface area contributed by atoms with E-state index in [9.17, 15) is 9.59 Å². The highest BCUT2D eigenvalue weighted by Gasteiger charge is 2.22. The van der Waals surface area contributed by atoms with E-state index in [2.05, 4.69) is 17.5 Å². The van der Waals surface area contributed by atoms with Gasteiger partial charge in [0.15, 0.2) is 0 Å². The number of thiophene rings is 1. The van der Waals surface area contributed by atoms with E-state index >= 15 is 0 Å². The van der Waals surface area contributed by atoms with Crippen LogP contribution in [0.1, 0.15) is 36.3 Å². The lowest BCUT2D eigenvalue weighted by Gasteiger charge is -2.20. The molecule has 1 saturated heterocycles. The average Bonchev–Trinajstić information content (AvgIpc) is 2.90. The van der Waals surface area contributed by atoms with Crippen molar-refractivity contribution in [1.82, 2.24) is 4.90 Å². The second kappa shape index (κ2) is 8.44. The van der Waals surface area contributed by atoms with Gasteiger partial charge in [0.25, 0.3) is 0 Å². The topological polar surface area (TPSA) is 46.6 Å². The van der Waals surface area contributed by atoms with Crippen LogP contribution in [0.5, 0.6) is 0 Å². The molecule has 1 aliphatic rings. The standard InChI is InChI=1S/C15H21NO3S2/c1-2-19-15(18)6-5-14(17)16-8-7-13(21-11-9-16)12-4-3-10-20-12/h3-4,10,13H,2,5-9,11H2,1H3. The van der Waals surface area contributed by atoms with Crippen LogP contribution in [0.15, 0.2) is 17.5 Å². The third-order valence-electron chi connectivity index (χ3n) is 3.40. The number of rotatable bonds is 5. The van der Waals surface area contributed by atoms with Gasteiger partial charge in [-0.3, -0.25) is 9.59 Å². The van der Waals surface area contributed by atoms with Gasteiger partial charge < -0.3 is 9.64 Å². The Labute approximate surface area is 133 Å². The normalized spacial score (nSPS) is 19.1. The highest BCUT2D eigenvalue weighted by molar-refractivity contribution is 7.99. The largest absolute Gasteiger partial charge is 0.466 e. The molecule has 1 atom stereocenters. The molecule has 0 radical (unpaired) electrons. The quantitative estimate of drug-likeness (QED) is 0.780. The second-order valence-electron chi connectivity index (χ2n) is 4.85. The number of nitrogens with zero attached hydrogens (tertiary/aromatic N) is 1. The van der Waals surface area contributed by atoms with Crippen molar-refractivity contribution in [3.63, 3.8) is 0 Å². The van der Waals surface area contributed by atoms with E-state index in [4.69, 9.17) is 4.74 Å². The summed E-state index contributed by atoms with van der Waals surface area (Å²) in [5.41, 5.74) is 0. The lowest BCUT2D eigenvalue weighted by atomic mass is 10.2. The number of carbonyl (C=O) groups excluding carboxylic acids is 2. The maximum Gasteiger partial charge on any atom is 0.306 e. The minimum Gasteiger partial charge on any atom is -0.466 e. The monoisotopic (exact) mass is 327 g/mol. The van der Waals surface area contributed by atoms with E-state index in [1.165, 1.54) is 4.88 Å². The van der Waals surface area contributed by atoms with Crippen molar-refractivity contribution in [2.75, 3.05) is 25.4 Å². The number of hydrogen-bond acceptors (Lipinski definition) is 5. The van der Waals surface area contributed by atoms with Gasteiger partial charge in [-0.15, -0.1) is 11.3 Å². The van der Waals surface area contributed by atoms with Crippen LogP contribution in [0.2, 0.25) is 0 Å². The molecule has 0 aliphatic carbocycles. The number of thioether (sulfide) groups is 1. The maximum absolute atomic E-state index is 12.2. The van der Waals surface area contributed by atoms with Gasteiger partial charge in [0, 0.05) is 35.4 Å². The third kappa shape index (κ3) is 5.04. The average molecular weight is 327 g/mol. The highest BCUT2D eigenvalue weighted by atomic mass is 32.2. The van der Waals surface area contributed by atoms with E-state index in [-0.39, 0.29) is 24.7 Å². The number of hydrogen-bond donors (Lipinski definition) is 0. The first kappa shape index (κ1) is 16.4. The maximum atomic E-state index is 12.2. The van der Waals surface area contributed by atoms with Crippen molar-refractivity contribution in [3.05, 3.63) is 22.4 Å². The van der Waals surface area contributed by atoms with Crippen LogP contribution < -0.4 is 0 Å². The van der Waals surface area contributed by atoms with Gasteiger partial charge >= 0.3 is 5.97 Å². The fraction of sp³-hybridized carbons (Fsp3) is 0.600. The minimum absolute atomic E-state index is 0.0653. The Kier molecular flexibility index (Phi) is 6.57. The van der Waals surface area contributed by atoms with Crippen LogP contribution in [0.4, 0.5) is 0 Å². The van der Waals surface area contributed by atoms with Gasteiger partial charge in [0.05, 0.1) is 13.0 Å². The molecule has 4 nitrogen and oxygen atoms in total. The molecule has 6 heteroatoms. The highest BCUT2D eigenvalue weighted by Crippen LogP contribution is 2.36. The molecule has 0 saturated carbocycles. The molecule has 1 unspecified atom stereocenters. The molecule has 116 valence electrons. The molecule has 1 aromatic heterocycles. The molecular weight excluding hydrogens is 306 g/mol. The summed E-state index contributed by atoms with van der Waals surface area (Å²) in [5, 5.41) is 2.59. The van der Waals surface area contributed by atoms with Crippen molar-refractivity contribution in [2.45, 2.75) is 31.4 Å². The number of esters is 1. The van der Waals surface area contributed by atoms with E-state index in [1.54, 1.807) is 18.3 Å². The summed E-state index contributed by atoms with van der Waals surface area (Å²) in [7, 11) is 0. The lowest BCUT2D eigenvalue weighted by Crippen LogP contribution is -2.33. The molecule has 1 aliphatic heterocycles. The first-order valence-corrected chi connectivity index (χ1v) is 9.22. The van der Waals surface area contributed by atoms with Crippen molar-refractivity contribution >= 4 is 35.0 Å². The van der Waals surface area contributed by atoms with E-state index in [0.717, 1.165) is 25.3 Å². The Bertz CT molecular complexity index is 461. The second-order valence-corrected chi connectivity index (χ2v) is 7.14. The van der Waals surface area contributed by atoms with Crippen LogP contribution in [0, 0.1) is 0 Å². The van der Waals surface area contributed by atoms with Gasteiger partial charge in [-0.1, -0.05) is 6.07 Å². The fourth-order valence-electron chi connectivity index (χ4n) is 2.32. The Hall–Kier alpha value is -1.01. The van der Waals surface area contributed by atoms with E-state index < -0.39 is 0 Å². The molecule has 1 fully saturated rings. The van der Waals surface area contributed by atoms with Gasteiger partial charge in [0.1, 0.15) is 0 Å². The van der Waals surface area contributed by atoms with Crippen LogP contribution >= 0.6 is 23.1 Å². The third-order valence-corrected chi connectivity index (χ3v) is 5.85. The molecule has 1 aromatic rings. The van der Waals surface area contributed by atoms with Gasteiger partial charge in [-0.05, 0) is 24.8 Å². The summed E-state index contributed by atoms with van der Waals surface area (Å²) >= 11 is 3.70. The Morgan fingerprint density at radius 3 is 2.95 bits per heavy atom. The van der Waals surface area contributed by atoms with Crippen LogP contribution in [0.3, 0.4) is 0 Å². The van der Waals surface area contributed by atoms with Crippen molar-refractivity contribution in [1.29, 1.82) is 0 Å². The SMILES string of the molecule is CCOC(=O)CCC(=O)N1CCSC(c2cccs2)CC1. The summed E-state index contributed by atoms with van der Waals surface area (Å²) in [6.07, 6.45) is 1.42. The molecule has 1 amide bonds. The van der Waals surface area contributed by atoms with Crippen LogP contribution in [-0.4, -0.2) is 42.2 Å².